The first-order valence-corrected chi connectivity index (χ1v) is 10.0. The molecule has 0 unspecified atom stereocenters. The van der Waals surface area contributed by atoms with Crippen molar-refractivity contribution >= 4 is 23.2 Å². The van der Waals surface area contributed by atoms with Crippen LogP contribution in [-0.2, 0) is 11.2 Å². The minimum absolute atomic E-state index is 0.0436. The van der Waals surface area contributed by atoms with Crippen molar-refractivity contribution in [3.05, 3.63) is 90.0 Å². The predicted molar refractivity (Wildman–Crippen MR) is 120 cm³/mol. The molecule has 0 heterocycles. The molecule has 154 valence electrons. The zero-order chi connectivity index (χ0) is 21.3. The van der Waals surface area contributed by atoms with Crippen LogP contribution in [-0.4, -0.2) is 18.4 Å². The number of rotatable bonds is 8. The molecule has 30 heavy (non-hydrogen) atoms. The Hall–Kier alpha value is -3.60. The highest BCUT2D eigenvalue weighted by molar-refractivity contribution is 6.04. The molecule has 0 aliphatic rings. The minimum Gasteiger partial charge on any atom is -0.493 e. The number of anilines is 2. The average Bonchev–Trinajstić information content (AvgIpc) is 2.76. The molecule has 3 aromatic rings. The summed E-state index contributed by atoms with van der Waals surface area (Å²) >= 11 is 0. The lowest BCUT2D eigenvalue weighted by molar-refractivity contribution is -0.118. The van der Waals surface area contributed by atoms with Gasteiger partial charge in [-0.05, 0) is 54.1 Å². The van der Waals surface area contributed by atoms with Crippen molar-refractivity contribution in [2.24, 2.45) is 5.92 Å². The third-order valence-corrected chi connectivity index (χ3v) is 4.55. The van der Waals surface area contributed by atoms with Crippen molar-refractivity contribution < 1.29 is 14.3 Å². The van der Waals surface area contributed by atoms with Crippen LogP contribution >= 0.6 is 0 Å². The van der Waals surface area contributed by atoms with Crippen LogP contribution in [0.2, 0.25) is 0 Å². The van der Waals surface area contributed by atoms with E-state index in [4.69, 9.17) is 4.74 Å². The molecule has 0 aliphatic carbocycles. The standard InChI is InChI=1S/C25H26N2O3/c1-18(2)24(28)26-21-10-12-22(13-11-21)27-25(29)20-8-14-23(15-9-20)30-17-16-19-6-4-3-5-7-19/h3-15,18H,16-17H2,1-2H3,(H,26,28)(H,27,29). The molecule has 0 aliphatic heterocycles. The summed E-state index contributed by atoms with van der Waals surface area (Å²) in [6.45, 7) is 4.25. The molecule has 0 saturated carbocycles. The Morgan fingerprint density at radius 2 is 1.40 bits per heavy atom. The number of carbonyl (C=O) groups is 2. The highest BCUT2D eigenvalue weighted by Crippen LogP contribution is 2.17. The van der Waals surface area contributed by atoms with Crippen LogP contribution in [0.3, 0.4) is 0 Å². The molecule has 0 aromatic heterocycles. The zero-order valence-electron chi connectivity index (χ0n) is 17.2. The summed E-state index contributed by atoms with van der Waals surface area (Å²) in [5, 5.41) is 5.67. The Balaban J connectivity index is 1.50. The van der Waals surface area contributed by atoms with E-state index in [1.165, 1.54) is 5.56 Å². The van der Waals surface area contributed by atoms with Gasteiger partial charge in [0, 0.05) is 29.3 Å². The molecule has 2 amide bonds. The summed E-state index contributed by atoms with van der Waals surface area (Å²) in [5.41, 5.74) is 3.13. The summed E-state index contributed by atoms with van der Waals surface area (Å²) in [5.74, 6) is 0.394. The van der Waals surface area contributed by atoms with Gasteiger partial charge in [0.05, 0.1) is 6.61 Å². The van der Waals surface area contributed by atoms with Crippen molar-refractivity contribution in [2.45, 2.75) is 20.3 Å². The van der Waals surface area contributed by atoms with Crippen LogP contribution in [0.1, 0.15) is 29.8 Å². The maximum atomic E-state index is 12.5. The summed E-state index contributed by atoms with van der Waals surface area (Å²) in [6, 6.07) is 24.3. The lowest BCUT2D eigenvalue weighted by atomic mass is 10.1. The highest BCUT2D eigenvalue weighted by Gasteiger charge is 2.09. The summed E-state index contributed by atoms with van der Waals surface area (Å²) in [4.78, 5) is 24.2. The molecular weight excluding hydrogens is 376 g/mol. The molecule has 5 heteroatoms. The van der Waals surface area contributed by atoms with Gasteiger partial charge in [0.1, 0.15) is 5.75 Å². The van der Waals surface area contributed by atoms with Gasteiger partial charge in [0.2, 0.25) is 5.91 Å². The van der Waals surface area contributed by atoms with Crippen molar-refractivity contribution in [3.63, 3.8) is 0 Å². The number of benzene rings is 3. The third-order valence-electron chi connectivity index (χ3n) is 4.55. The molecular formula is C25H26N2O3. The molecule has 0 fully saturated rings. The smallest absolute Gasteiger partial charge is 0.255 e. The van der Waals surface area contributed by atoms with Gasteiger partial charge in [0.25, 0.3) is 5.91 Å². The van der Waals surface area contributed by atoms with Gasteiger partial charge >= 0.3 is 0 Å². The number of amides is 2. The van der Waals surface area contributed by atoms with Gasteiger partial charge in [-0.15, -0.1) is 0 Å². The summed E-state index contributed by atoms with van der Waals surface area (Å²) in [7, 11) is 0. The zero-order valence-corrected chi connectivity index (χ0v) is 17.2. The fourth-order valence-electron chi connectivity index (χ4n) is 2.76. The number of nitrogens with one attached hydrogen (secondary N) is 2. The third kappa shape index (κ3) is 6.21. The van der Waals surface area contributed by atoms with E-state index in [0.29, 0.717) is 23.5 Å². The van der Waals surface area contributed by atoms with Crippen molar-refractivity contribution in [1.29, 1.82) is 0 Å². The van der Waals surface area contributed by atoms with Gasteiger partial charge in [-0.1, -0.05) is 44.2 Å². The van der Waals surface area contributed by atoms with Crippen LogP contribution in [0, 0.1) is 5.92 Å². The van der Waals surface area contributed by atoms with Crippen molar-refractivity contribution in [1.82, 2.24) is 0 Å². The monoisotopic (exact) mass is 402 g/mol. The van der Waals surface area contributed by atoms with E-state index in [9.17, 15) is 9.59 Å². The van der Waals surface area contributed by atoms with E-state index in [2.05, 4.69) is 22.8 Å². The predicted octanol–water partition coefficient (Wildman–Crippen LogP) is 5.15. The fraction of sp³-hybridized carbons (Fsp3) is 0.200. The van der Waals surface area contributed by atoms with Crippen LogP contribution in [0.25, 0.3) is 0 Å². The van der Waals surface area contributed by atoms with Crippen molar-refractivity contribution in [2.75, 3.05) is 17.2 Å². The highest BCUT2D eigenvalue weighted by atomic mass is 16.5. The molecule has 0 atom stereocenters. The Bertz CT molecular complexity index is 966. The first-order chi connectivity index (χ1) is 14.5. The van der Waals surface area contributed by atoms with Gasteiger partial charge in [0.15, 0.2) is 0 Å². The SMILES string of the molecule is CC(C)C(=O)Nc1ccc(NC(=O)c2ccc(OCCc3ccccc3)cc2)cc1. The maximum absolute atomic E-state index is 12.5. The second-order valence-corrected chi connectivity index (χ2v) is 7.28. The number of carbonyl (C=O) groups excluding carboxylic acids is 2. The molecule has 0 bridgehead atoms. The molecule has 0 radical (unpaired) electrons. The summed E-state index contributed by atoms with van der Waals surface area (Å²) in [6.07, 6.45) is 0.830. The van der Waals surface area contributed by atoms with Gasteiger partial charge < -0.3 is 15.4 Å². The number of ether oxygens (including phenoxy) is 1. The second kappa shape index (κ2) is 10.3. The maximum Gasteiger partial charge on any atom is 0.255 e. The Morgan fingerprint density at radius 1 is 0.800 bits per heavy atom. The quantitative estimate of drug-likeness (QED) is 0.547. The molecule has 0 spiro atoms. The van der Waals surface area contributed by atoms with E-state index in [1.807, 2.05) is 32.0 Å². The molecule has 2 N–H and O–H groups in total. The Kier molecular flexibility index (Phi) is 7.22. The van der Waals surface area contributed by atoms with Gasteiger partial charge in [-0.2, -0.15) is 0 Å². The van der Waals surface area contributed by atoms with E-state index in [1.54, 1.807) is 48.5 Å². The van der Waals surface area contributed by atoms with Crippen LogP contribution in [0.4, 0.5) is 11.4 Å². The number of hydrogen-bond acceptors (Lipinski definition) is 3. The Labute approximate surface area is 177 Å². The van der Waals surface area contributed by atoms with Crippen LogP contribution in [0.5, 0.6) is 5.75 Å². The Morgan fingerprint density at radius 3 is 2.00 bits per heavy atom. The topological polar surface area (TPSA) is 67.4 Å². The normalized spacial score (nSPS) is 10.5. The van der Waals surface area contributed by atoms with Crippen LogP contribution in [0.15, 0.2) is 78.9 Å². The average molecular weight is 402 g/mol. The minimum atomic E-state index is -0.204. The first kappa shape index (κ1) is 21.1. The van der Waals surface area contributed by atoms with E-state index < -0.39 is 0 Å². The summed E-state index contributed by atoms with van der Waals surface area (Å²) < 4.78 is 5.76. The first-order valence-electron chi connectivity index (χ1n) is 10.0. The van der Waals surface area contributed by atoms with Crippen LogP contribution < -0.4 is 15.4 Å². The largest absolute Gasteiger partial charge is 0.493 e. The number of hydrogen-bond donors (Lipinski definition) is 2. The van der Waals surface area contributed by atoms with E-state index in [0.717, 1.165) is 12.2 Å². The van der Waals surface area contributed by atoms with Gasteiger partial charge in [-0.25, -0.2) is 0 Å². The fourth-order valence-corrected chi connectivity index (χ4v) is 2.76. The lowest BCUT2D eigenvalue weighted by Gasteiger charge is -2.10. The van der Waals surface area contributed by atoms with Gasteiger partial charge in [-0.3, -0.25) is 9.59 Å². The van der Waals surface area contributed by atoms with E-state index in [-0.39, 0.29) is 17.7 Å². The van der Waals surface area contributed by atoms with E-state index >= 15 is 0 Å². The molecule has 3 rings (SSSR count). The molecule has 0 saturated heterocycles. The lowest BCUT2D eigenvalue weighted by Crippen LogP contribution is -2.17. The second-order valence-electron chi connectivity index (χ2n) is 7.28. The molecule has 5 nitrogen and oxygen atoms in total. The molecule has 3 aromatic carbocycles. The van der Waals surface area contributed by atoms with Crippen molar-refractivity contribution in [3.8, 4) is 5.75 Å².